The molecule has 1 aromatic heterocycles. The lowest BCUT2D eigenvalue weighted by Gasteiger charge is -2.47. The number of nitrogens with one attached hydrogen (secondary N) is 2. The summed E-state index contributed by atoms with van der Waals surface area (Å²) in [5.41, 5.74) is 3.40. The van der Waals surface area contributed by atoms with Crippen LogP contribution in [-0.4, -0.2) is 89.7 Å². The van der Waals surface area contributed by atoms with Gasteiger partial charge in [-0.15, -0.1) is 0 Å². The van der Waals surface area contributed by atoms with Crippen LogP contribution in [-0.2, 0) is 16.6 Å². The van der Waals surface area contributed by atoms with E-state index >= 15 is 8.78 Å². The predicted octanol–water partition coefficient (Wildman–Crippen LogP) is 4.31. The fourth-order valence-electron chi connectivity index (χ4n) is 8.73. The van der Waals surface area contributed by atoms with Crippen LogP contribution >= 0.6 is 0 Å². The summed E-state index contributed by atoms with van der Waals surface area (Å²) in [5, 5.41) is 9.94. The Hall–Kier alpha value is -4.65. The van der Waals surface area contributed by atoms with Crippen molar-refractivity contribution < 1.29 is 23.2 Å². The van der Waals surface area contributed by atoms with Crippen LogP contribution in [0.1, 0.15) is 83.8 Å². The van der Waals surface area contributed by atoms with Gasteiger partial charge in [0.1, 0.15) is 0 Å². The van der Waals surface area contributed by atoms with Crippen molar-refractivity contribution in [3.8, 4) is 0 Å². The van der Waals surface area contributed by atoms with E-state index in [1.54, 1.807) is 19.3 Å². The molecule has 1 spiro atoms. The van der Waals surface area contributed by atoms with E-state index in [9.17, 15) is 19.2 Å². The molecule has 0 radical (unpaired) electrons. The van der Waals surface area contributed by atoms with Crippen LogP contribution < -0.4 is 21.1 Å². The molecule has 11 nitrogen and oxygen atoms in total. The molecule has 3 amide bonds. The van der Waals surface area contributed by atoms with Gasteiger partial charge in [-0.05, 0) is 87.6 Å². The van der Waals surface area contributed by atoms with Gasteiger partial charge in [0.2, 0.25) is 11.8 Å². The zero-order valence-corrected chi connectivity index (χ0v) is 30.1. The molecule has 7 rings (SSSR count). The number of imide groups is 1. The number of halogens is 2. The van der Waals surface area contributed by atoms with E-state index in [4.69, 9.17) is 0 Å². The van der Waals surface area contributed by atoms with Crippen LogP contribution in [0, 0.1) is 24.0 Å². The average molecular weight is 716 g/mol. The number of hydrogen-bond donors (Lipinski definition) is 2. The molecule has 0 saturated carbocycles. The number of aryl methyl sites for hydroxylation is 1. The number of rotatable bonds is 6. The van der Waals surface area contributed by atoms with Gasteiger partial charge in [0, 0.05) is 75.5 Å². The molecule has 2 aromatic carbocycles. The Morgan fingerprint density at radius 1 is 0.923 bits per heavy atom. The molecule has 5 heterocycles. The number of anilines is 2. The van der Waals surface area contributed by atoms with E-state index in [1.807, 2.05) is 28.9 Å². The van der Waals surface area contributed by atoms with Gasteiger partial charge in [-0.1, -0.05) is 18.2 Å². The van der Waals surface area contributed by atoms with Gasteiger partial charge in [-0.3, -0.25) is 24.5 Å². The molecule has 4 fully saturated rings. The summed E-state index contributed by atoms with van der Waals surface area (Å²) in [6.07, 6.45) is 6.23. The first kappa shape index (κ1) is 35.7. The number of nitrogens with zero attached hydrogens (tertiary/aromatic N) is 5. The lowest BCUT2D eigenvalue weighted by Crippen LogP contribution is -2.48. The Balaban J connectivity index is 0.923. The lowest BCUT2D eigenvalue weighted by atomic mass is 9.71. The van der Waals surface area contributed by atoms with E-state index in [1.165, 1.54) is 16.3 Å². The van der Waals surface area contributed by atoms with Crippen LogP contribution in [0.3, 0.4) is 0 Å². The number of likely N-dealkylation sites (N-methyl/N-ethyl adjacent to an activating group) is 1. The first-order valence-electron chi connectivity index (χ1n) is 18.3. The first-order valence-corrected chi connectivity index (χ1v) is 18.3. The number of piperidine rings is 4. The minimum Gasteiger partial charge on any atom is -0.379 e. The molecular formula is C39H47F2N7O4. The van der Waals surface area contributed by atoms with Crippen LogP contribution in [0.4, 0.5) is 20.2 Å². The van der Waals surface area contributed by atoms with Crippen molar-refractivity contribution >= 4 is 29.1 Å². The largest absolute Gasteiger partial charge is 0.379 e. The minimum absolute atomic E-state index is 0.0131. The summed E-state index contributed by atoms with van der Waals surface area (Å²) in [4.78, 5) is 55.8. The number of likely N-dealkylation sites (tertiary alicyclic amines) is 2. The van der Waals surface area contributed by atoms with E-state index in [0.29, 0.717) is 37.3 Å². The Morgan fingerprint density at radius 3 is 2.31 bits per heavy atom. The maximum Gasteiger partial charge on any atom is 0.271 e. The molecule has 3 aromatic rings. The highest BCUT2D eigenvalue weighted by Gasteiger charge is 2.40. The standard InChI is InChI=1S/C39H47F2N7O4/c1-24-31(21-42-46(3)37(24)51)43-28-20-27(22-45(2)23-28)25-4-6-26(7-5-25)38(52)48-18-14-39(15-19-48)12-16-47(17-13-39)32-10-8-29(34(40)35(32)41)30-9-11-33(49)44-36(30)50/h4-8,10,21,27-28,30,43H,9,11-20,22-23H2,1-3H3,(H,44,49,50). The molecule has 4 saturated heterocycles. The SMILES string of the molecule is Cc1c(NC2CC(c3ccc(C(=O)N4CCC5(CC4)CCN(c4ccc(C6CCC(=O)NC6=O)c(F)c4F)CC5)cc3)CN(C)C2)cnn(C)c1=O. The van der Waals surface area contributed by atoms with Crippen molar-refractivity contribution in [3.05, 3.63) is 86.8 Å². The molecule has 0 aliphatic carbocycles. The Morgan fingerprint density at radius 2 is 1.62 bits per heavy atom. The topological polar surface area (TPSA) is 120 Å². The van der Waals surface area contributed by atoms with Gasteiger partial charge in [0.05, 0.1) is 23.5 Å². The van der Waals surface area contributed by atoms with Crippen LogP contribution in [0.25, 0.3) is 0 Å². The van der Waals surface area contributed by atoms with Crippen molar-refractivity contribution in [3.63, 3.8) is 0 Å². The van der Waals surface area contributed by atoms with Crippen LogP contribution in [0.15, 0.2) is 47.4 Å². The van der Waals surface area contributed by atoms with E-state index in [-0.39, 0.29) is 52.9 Å². The third-order valence-electron chi connectivity index (χ3n) is 12.0. The van der Waals surface area contributed by atoms with E-state index in [2.05, 4.69) is 39.8 Å². The smallest absolute Gasteiger partial charge is 0.271 e. The summed E-state index contributed by atoms with van der Waals surface area (Å²) in [5.74, 6) is -3.55. The van der Waals surface area contributed by atoms with Crippen LogP contribution in [0.5, 0.6) is 0 Å². The minimum atomic E-state index is -1.02. The molecule has 3 unspecified atom stereocenters. The molecule has 4 aliphatic heterocycles. The number of hydrogen-bond acceptors (Lipinski definition) is 8. The lowest BCUT2D eigenvalue weighted by molar-refractivity contribution is -0.134. The molecule has 13 heteroatoms. The second kappa shape index (κ2) is 14.4. The van der Waals surface area contributed by atoms with E-state index < -0.39 is 29.4 Å². The van der Waals surface area contributed by atoms with Gasteiger partial charge in [-0.2, -0.15) is 5.10 Å². The van der Waals surface area contributed by atoms with Gasteiger partial charge in [0.25, 0.3) is 11.5 Å². The number of carbonyl (C=O) groups is 3. The molecule has 3 atom stereocenters. The monoisotopic (exact) mass is 715 g/mol. The summed E-state index contributed by atoms with van der Waals surface area (Å²) >= 11 is 0. The second-order valence-corrected chi connectivity index (χ2v) is 15.3. The Bertz CT molecular complexity index is 1910. The summed E-state index contributed by atoms with van der Waals surface area (Å²) in [6.45, 7) is 6.04. The normalized spacial score (nSPS) is 23.8. The van der Waals surface area contributed by atoms with Gasteiger partial charge < -0.3 is 20.0 Å². The molecule has 2 N–H and O–H groups in total. The Kier molecular flexibility index (Phi) is 9.90. The van der Waals surface area contributed by atoms with E-state index in [0.717, 1.165) is 50.9 Å². The molecule has 0 bridgehead atoms. The van der Waals surface area contributed by atoms with Gasteiger partial charge in [0.15, 0.2) is 11.6 Å². The predicted molar refractivity (Wildman–Crippen MR) is 193 cm³/mol. The summed E-state index contributed by atoms with van der Waals surface area (Å²) in [7, 11) is 3.75. The van der Waals surface area contributed by atoms with Crippen molar-refractivity contribution in [2.45, 2.75) is 69.7 Å². The summed E-state index contributed by atoms with van der Waals surface area (Å²) < 4.78 is 31.9. The van der Waals surface area contributed by atoms with Crippen molar-refractivity contribution in [1.29, 1.82) is 0 Å². The zero-order chi connectivity index (χ0) is 36.7. The number of carbonyl (C=O) groups excluding carboxylic acids is 3. The first-order chi connectivity index (χ1) is 24.9. The zero-order valence-electron chi connectivity index (χ0n) is 30.1. The number of benzene rings is 2. The molecule has 52 heavy (non-hydrogen) atoms. The summed E-state index contributed by atoms with van der Waals surface area (Å²) in [6, 6.07) is 11.2. The maximum absolute atomic E-state index is 15.3. The number of amides is 3. The maximum atomic E-state index is 15.3. The van der Waals surface area contributed by atoms with Crippen molar-refractivity contribution in [1.82, 2.24) is 24.9 Å². The van der Waals surface area contributed by atoms with Gasteiger partial charge in [-0.25, -0.2) is 13.5 Å². The average Bonchev–Trinajstić information content (AvgIpc) is 3.14. The second-order valence-electron chi connectivity index (χ2n) is 15.3. The van der Waals surface area contributed by atoms with Crippen molar-refractivity contribution in [2.24, 2.45) is 12.5 Å². The Labute approximate surface area is 302 Å². The fraction of sp³-hybridized carbons (Fsp3) is 0.513. The molecule has 276 valence electrons. The number of aromatic nitrogens is 2. The highest BCUT2D eigenvalue weighted by atomic mass is 19.2. The highest BCUT2D eigenvalue weighted by Crippen LogP contribution is 2.43. The highest BCUT2D eigenvalue weighted by molar-refractivity contribution is 6.01. The third-order valence-corrected chi connectivity index (χ3v) is 12.0. The quantitative estimate of drug-likeness (QED) is 0.363. The van der Waals surface area contributed by atoms with Crippen molar-refractivity contribution in [2.75, 3.05) is 56.5 Å². The van der Waals surface area contributed by atoms with Crippen LogP contribution in [0.2, 0.25) is 0 Å². The third kappa shape index (κ3) is 7.07. The molecule has 4 aliphatic rings. The van der Waals surface area contributed by atoms with Gasteiger partial charge >= 0.3 is 0 Å². The fourth-order valence-corrected chi connectivity index (χ4v) is 8.73. The molecular weight excluding hydrogens is 668 g/mol.